The lowest BCUT2D eigenvalue weighted by molar-refractivity contribution is -0.0627. The van der Waals surface area contributed by atoms with Gasteiger partial charge in [0, 0.05) is 0 Å². The van der Waals surface area contributed by atoms with E-state index in [-0.39, 0.29) is 5.92 Å². The van der Waals surface area contributed by atoms with Crippen molar-refractivity contribution >= 4 is 23.2 Å². The normalized spacial score (nSPS) is 33.7. The zero-order chi connectivity index (χ0) is 12.6. The number of hydrogen-bond acceptors (Lipinski definition) is 1. The predicted octanol–water partition coefficient (Wildman–Crippen LogP) is 4.64. The summed E-state index contributed by atoms with van der Waals surface area (Å²) in [5, 5.41) is 11.9. The van der Waals surface area contributed by atoms with Gasteiger partial charge in [-0.15, -0.1) is 0 Å². The monoisotopic (exact) mass is 272 g/mol. The highest BCUT2D eigenvalue weighted by Crippen LogP contribution is 2.44. The molecule has 0 bridgehead atoms. The minimum absolute atomic E-state index is 0.260. The van der Waals surface area contributed by atoms with E-state index >= 15 is 0 Å². The molecule has 1 aliphatic carbocycles. The van der Waals surface area contributed by atoms with Gasteiger partial charge in [-0.25, -0.2) is 0 Å². The molecule has 1 aromatic rings. The molecule has 3 unspecified atom stereocenters. The summed E-state index contributed by atoms with van der Waals surface area (Å²) in [7, 11) is 0. The molecule has 0 amide bonds. The maximum atomic E-state index is 10.9. The van der Waals surface area contributed by atoms with Crippen LogP contribution in [0, 0.1) is 11.8 Å². The Kier molecular flexibility index (Phi) is 3.72. The zero-order valence-electron chi connectivity index (χ0n) is 10.2. The van der Waals surface area contributed by atoms with Gasteiger partial charge >= 0.3 is 0 Å². The maximum absolute atomic E-state index is 10.9. The van der Waals surface area contributed by atoms with Gasteiger partial charge in [0.05, 0.1) is 15.6 Å². The lowest BCUT2D eigenvalue weighted by atomic mass is 9.69. The van der Waals surface area contributed by atoms with Crippen molar-refractivity contribution in [3.8, 4) is 0 Å². The van der Waals surface area contributed by atoms with Gasteiger partial charge < -0.3 is 5.11 Å². The van der Waals surface area contributed by atoms with Crippen LogP contribution in [-0.2, 0) is 5.60 Å². The largest absolute Gasteiger partial charge is 0.385 e. The third kappa shape index (κ3) is 2.47. The molecule has 0 heterocycles. The van der Waals surface area contributed by atoms with Crippen molar-refractivity contribution < 1.29 is 5.11 Å². The van der Waals surface area contributed by atoms with Crippen molar-refractivity contribution in [1.29, 1.82) is 0 Å². The van der Waals surface area contributed by atoms with Crippen LogP contribution in [0.25, 0.3) is 0 Å². The second kappa shape index (κ2) is 4.79. The molecule has 3 heteroatoms. The Morgan fingerprint density at radius 1 is 1.18 bits per heavy atom. The first kappa shape index (κ1) is 13.2. The van der Waals surface area contributed by atoms with E-state index < -0.39 is 5.60 Å². The van der Waals surface area contributed by atoms with Gasteiger partial charge in [0.2, 0.25) is 0 Å². The van der Waals surface area contributed by atoms with Crippen LogP contribution in [-0.4, -0.2) is 5.11 Å². The van der Waals surface area contributed by atoms with Crippen LogP contribution in [0.1, 0.15) is 38.7 Å². The SMILES string of the molecule is CC1CCC(C)C(O)(c2ccc(Cl)c(Cl)c2)C1. The van der Waals surface area contributed by atoms with Crippen LogP contribution in [0.5, 0.6) is 0 Å². The highest BCUT2D eigenvalue weighted by molar-refractivity contribution is 6.42. The summed E-state index contributed by atoms with van der Waals surface area (Å²) in [6.07, 6.45) is 3.04. The van der Waals surface area contributed by atoms with Crippen molar-refractivity contribution in [2.75, 3.05) is 0 Å². The number of hydrogen-bond donors (Lipinski definition) is 1. The summed E-state index contributed by atoms with van der Waals surface area (Å²) in [6, 6.07) is 5.46. The van der Waals surface area contributed by atoms with Gasteiger partial charge in [-0.05, 0) is 42.4 Å². The van der Waals surface area contributed by atoms with Gasteiger partial charge in [0.25, 0.3) is 0 Å². The van der Waals surface area contributed by atoms with E-state index in [1.165, 1.54) is 6.42 Å². The van der Waals surface area contributed by atoms with E-state index in [1.807, 2.05) is 6.07 Å². The molecule has 1 aromatic carbocycles. The van der Waals surface area contributed by atoms with Gasteiger partial charge in [-0.3, -0.25) is 0 Å². The summed E-state index contributed by atoms with van der Waals surface area (Å²) in [5.41, 5.74) is 0.136. The quantitative estimate of drug-likeness (QED) is 0.790. The van der Waals surface area contributed by atoms with Crippen LogP contribution >= 0.6 is 23.2 Å². The number of benzene rings is 1. The Bertz CT molecular complexity index is 419. The molecule has 0 radical (unpaired) electrons. The van der Waals surface area contributed by atoms with Gasteiger partial charge in [0.1, 0.15) is 0 Å². The molecule has 2 rings (SSSR count). The molecule has 0 aliphatic heterocycles. The maximum Gasteiger partial charge on any atom is 0.0925 e. The highest BCUT2D eigenvalue weighted by Gasteiger charge is 2.40. The first-order valence-electron chi connectivity index (χ1n) is 6.11. The van der Waals surface area contributed by atoms with Gasteiger partial charge in [-0.1, -0.05) is 49.5 Å². The topological polar surface area (TPSA) is 20.2 Å². The molecule has 0 spiro atoms. The highest BCUT2D eigenvalue weighted by atomic mass is 35.5. The molecule has 1 aliphatic rings. The molecule has 94 valence electrons. The van der Waals surface area contributed by atoms with E-state index in [4.69, 9.17) is 23.2 Å². The first-order valence-corrected chi connectivity index (χ1v) is 6.87. The van der Waals surface area contributed by atoms with E-state index in [0.29, 0.717) is 16.0 Å². The third-order valence-electron chi connectivity index (χ3n) is 3.99. The third-order valence-corrected chi connectivity index (χ3v) is 4.73. The van der Waals surface area contributed by atoms with E-state index in [2.05, 4.69) is 13.8 Å². The standard InChI is InChI=1S/C14H18Cl2O/c1-9-3-4-10(2)14(17,8-9)11-5-6-12(15)13(16)7-11/h5-7,9-10,17H,3-4,8H2,1-2H3. The minimum Gasteiger partial charge on any atom is -0.385 e. The zero-order valence-corrected chi connectivity index (χ0v) is 11.7. The van der Waals surface area contributed by atoms with E-state index in [9.17, 15) is 5.11 Å². The number of halogens is 2. The number of aliphatic hydroxyl groups is 1. The Morgan fingerprint density at radius 2 is 1.88 bits per heavy atom. The summed E-state index contributed by atoms with van der Waals surface area (Å²) in [6.45, 7) is 4.29. The van der Waals surface area contributed by atoms with E-state index in [1.54, 1.807) is 12.1 Å². The van der Waals surface area contributed by atoms with Gasteiger partial charge in [-0.2, -0.15) is 0 Å². The lowest BCUT2D eigenvalue weighted by Gasteiger charge is -2.41. The molecule has 0 aromatic heterocycles. The van der Waals surface area contributed by atoms with Crippen molar-refractivity contribution in [1.82, 2.24) is 0 Å². The van der Waals surface area contributed by atoms with E-state index in [0.717, 1.165) is 18.4 Å². The fourth-order valence-corrected chi connectivity index (χ4v) is 3.07. The smallest absolute Gasteiger partial charge is 0.0925 e. The summed E-state index contributed by atoms with van der Waals surface area (Å²) >= 11 is 12.0. The Balaban J connectivity index is 2.38. The molecule has 1 N–H and O–H groups in total. The average molecular weight is 273 g/mol. The first-order chi connectivity index (χ1) is 7.93. The second-order valence-electron chi connectivity index (χ2n) is 5.34. The van der Waals surface area contributed by atoms with Crippen LogP contribution in [0.3, 0.4) is 0 Å². The summed E-state index contributed by atoms with van der Waals surface area (Å²) < 4.78 is 0. The Labute approximate surface area is 113 Å². The molecule has 1 saturated carbocycles. The van der Waals surface area contributed by atoms with Crippen LogP contribution < -0.4 is 0 Å². The second-order valence-corrected chi connectivity index (χ2v) is 6.16. The molecule has 1 fully saturated rings. The van der Waals surface area contributed by atoms with Crippen molar-refractivity contribution in [3.63, 3.8) is 0 Å². The fraction of sp³-hybridized carbons (Fsp3) is 0.571. The lowest BCUT2D eigenvalue weighted by Crippen LogP contribution is -2.39. The molecule has 1 nitrogen and oxygen atoms in total. The molecular weight excluding hydrogens is 255 g/mol. The summed E-state index contributed by atoms with van der Waals surface area (Å²) in [5.74, 6) is 0.807. The molecule has 3 atom stereocenters. The predicted molar refractivity (Wildman–Crippen MR) is 72.5 cm³/mol. The molecule has 0 saturated heterocycles. The van der Waals surface area contributed by atoms with Gasteiger partial charge in [0.15, 0.2) is 0 Å². The molecular formula is C14H18Cl2O. The van der Waals surface area contributed by atoms with Crippen molar-refractivity contribution in [3.05, 3.63) is 33.8 Å². The van der Waals surface area contributed by atoms with Crippen LogP contribution in [0.4, 0.5) is 0 Å². The number of rotatable bonds is 1. The molecule has 17 heavy (non-hydrogen) atoms. The van der Waals surface area contributed by atoms with Crippen molar-refractivity contribution in [2.45, 2.75) is 38.7 Å². The van der Waals surface area contributed by atoms with Crippen molar-refractivity contribution in [2.24, 2.45) is 11.8 Å². The Morgan fingerprint density at radius 3 is 2.53 bits per heavy atom. The average Bonchev–Trinajstić information content (AvgIpc) is 2.28. The fourth-order valence-electron chi connectivity index (χ4n) is 2.78. The van der Waals surface area contributed by atoms with Crippen LogP contribution in [0.2, 0.25) is 10.0 Å². The summed E-state index contributed by atoms with van der Waals surface area (Å²) in [4.78, 5) is 0. The minimum atomic E-state index is -0.758. The van der Waals surface area contributed by atoms with Crippen LogP contribution in [0.15, 0.2) is 18.2 Å². The Hall–Kier alpha value is -0.240.